The second-order valence-electron chi connectivity index (χ2n) is 5.68. The van der Waals surface area contributed by atoms with Gasteiger partial charge in [-0.05, 0) is 30.3 Å². The summed E-state index contributed by atoms with van der Waals surface area (Å²) in [6.45, 7) is 0. The zero-order valence-electron chi connectivity index (χ0n) is 15.1. The van der Waals surface area contributed by atoms with Gasteiger partial charge in [-0.1, -0.05) is 5.16 Å². The average Bonchev–Trinajstić information content (AvgIpc) is 3.16. The Morgan fingerprint density at radius 1 is 0.923 bits per heavy atom. The van der Waals surface area contributed by atoms with Crippen molar-refractivity contribution in [2.45, 2.75) is 12.5 Å². The molecule has 3 rings (SSSR count). The first-order valence-electron chi connectivity index (χ1n) is 8.01. The van der Waals surface area contributed by atoms with E-state index in [0.29, 0.717) is 29.4 Å². The van der Waals surface area contributed by atoms with Crippen molar-refractivity contribution in [1.82, 2.24) is 0 Å². The van der Waals surface area contributed by atoms with Gasteiger partial charge in [0, 0.05) is 17.5 Å². The molecule has 1 N–H and O–H groups in total. The van der Waals surface area contributed by atoms with Crippen molar-refractivity contribution >= 4 is 5.71 Å². The van der Waals surface area contributed by atoms with Crippen LogP contribution in [0.1, 0.15) is 23.7 Å². The van der Waals surface area contributed by atoms with Crippen LogP contribution in [0.3, 0.4) is 0 Å². The van der Waals surface area contributed by atoms with Crippen molar-refractivity contribution in [3.8, 4) is 28.7 Å². The monoisotopic (exact) mass is 359 g/mol. The molecule has 0 bridgehead atoms. The molecule has 7 heteroatoms. The molecule has 0 saturated carbocycles. The molecule has 1 atom stereocenters. The van der Waals surface area contributed by atoms with Crippen molar-refractivity contribution in [3.05, 3.63) is 41.5 Å². The van der Waals surface area contributed by atoms with Crippen LogP contribution in [0.15, 0.2) is 35.5 Å². The second kappa shape index (κ2) is 7.43. The fourth-order valence-corrected chi connectivity index (χ4v) is 2.88. The van der Waals surface area contributed by atoms with Gasteiger partial charge in [0.15, 0.2) is 29.1 Å². The normalized spacial score (nSPS) is 15.8. The van der Waals surface area contributed by atoms with Gasteiger partial charge in [0.1, 0.15) is 0 Å². The van der Waals surface area contributed by atoms with Gasteiger partial charge in [0.25, 0.3) is 0 Å². The zero-order chi connectivity index (χ0) is 18.7. The molecule has 0 saturated heterocycles. The first kappa shape index (κ1) is 17.7. The molecule has 0 amide bonds. The van der Waals surface area contributed by atoms with Gasteiger partial charge in [0.2, 0.25) is 5.75 Å². The topological polar surface area (TPSA) is 78.7 Å². The molecular formula is C19H21NO6. The minimum Gasteiger partial charge on any atom is -0.504 e. The molecule has 1 unspecified atom stereocenters. The van der Waals surface area contributed by atoms with Crippen LogP contribution >= 0.6 is 0 Å². The maximum Gasteiger partial charge on any atom is 0.203 e. The van der Waals surface area contributed by atoms with E-state index in [1.807, 2.05) is 18.2 Å². The largest absolute Gasteiger partial charge is 0.504 e. The highest BCUT2D eigenvalue weighted by atomic mass is 16.6. The molecule has 0 aromatic heterocycles. The second-order valence-corrected chi connectivity index (χ2v) is 5.68. The summed E-state index contributed by atoms with van der Waals surface area (Å²) in [5, 5.41) is 14.1. The lowest BCUT2D eigenvalue weighted by atomic mass is 9.99. The summed E-state index contributed by atoms with van der Waals surface area (Å²) in [4.78, 5) is 5.60. The van der Waals surface area contributed by atoms with Gasteiger partial charge >= 0.3 is 0 Å². The first-order chi connectivity index (χ1) is 12.6. The predicted octanol–water partition coefficient (Wildman–Crippen LogP) is 3.29. The number of ether oxygens (including phenoxy) is 4. The van der Waals surface area contributed by atoms with Crippen LogP contribution in [0.4, 0.5) is 0 Å². The van der Waals surface area contributed by atoms with Crippen LogP contribution in [0.2, 0.25) is 0 Å². The zero-order valence-corrected chi connectivity index (χ0v) is 15.1. The van der Waals surface area contributed by atoms with E-state index in [-0.39, 0.29) is 11.9 Å². The number of oxime groups is 1. The molecule has 1 aliphatic rings. The van der Waals surface area contributed by atoms with E-state index in [4.69, 9.17) is 23.8 Å². The maximum atomic E-state index is 9.96. The summed E-state index contributed by atoms with van der Waals surface area (Å²) in [5.41, 5.74) is 2.37. The number of rotatable bonds is 6. The summed E-state index contributed by atoms with van der Waals surface area (Å²) in [7, 11) is 6.20. The van der Waals surface area contributed by atoms with Crippen LogP contribution in [0.25, 0.3) is 0 Å². The van der Waals surface area contributed by atoms with Crippen LogP contribution in [0, 0.1) is 0 Å². The quantitative estimate of drug-likeness (QED) is 0.853. The lowest BCUT2D eigenvalue weighted by Crippen LogP contribution is -2.04. The molecule has 2 aromatic carbocycles. The highest BCUT2D eigenvalue weighted by molar-refractivity contribution is 6.01. The Morgan fingerprint density at radius 3 is 2.12 bits per heavy atom. The minimum absolute atomic E-state index is 0.0592. The Labute approximate surface area is 151 Å². The van der Waals surface area contributed by atoms with Gasteiger partial charge < -0.3 is 28.9 Å². The molecule has 2 aromatic rings. The number of phenols is 1. The molecule has 0 spiro atoms. The van der Waals surface area contributed by atoms with Crippen LogP contribution < -0.4 is 18.9 Å². The van der Waals surface area contributed by atoms with Crippen molar-refractivity contribution in [3.63, 3.8) is 0 Å². The Morgan fingerprint density at radius 2 is 1.58 bits per heavy atom. The summed E-state index contributed by atoms with van der Waals surface area (Å²) in [5.74, 6) is 2.11. The molecule has 1 aliphatic heterocycles. The van der Waals surface area contributed by atoms with Crippen molar-refractivity contribution in [2.75, 3.05) is 28.4 Å². The Kier molecular flexibility index (Phi) is 5.06. The molecular weight excluding hydrogens is 338 g/mol. The Bertz CT molecular complexity index is 808. The number of hydrogen-bond donors (Lipinski definition) is 1. The summed E-state index contributed by atoms with van der Waals surface area (Å²) in [6.07, 6.45) is 0.257. The highest BCUT2D eigenvalue weighted by Crippen LogP contribution is 2.42. The van der Waals surface area contributed by atoms with Crippen LogP contribution in [0.5, 0.6) is 28.7 Å². The molecule has 0 radical (unpaired) electrons. The van der Waals surface area contributed by atoms with Crippen molar-refractivity contribution in [1.29, 1.82) is 0 Å². The van der Waals surface area contributed by atoms with E-state index in [1.54, 1.807) is 33.5 Å². The van der Waals surface area contributed by atoms with Gasteiger partial charge in [-0.25, -0.2) is 0 Å². The average molecular weight is 359 g/mol. The lowest BCUT2D eigenvalue weighted by Gasteiger charge is -2.16. The number of hydrogen-bond acceptors (Lipinski definition) is 7. The summed E-state index contributed by atoms with van der Waals surface area (Å²) in [6, 6.07) is 8.82. The van der Waals surface area contributed by atoms with E-state index in [9.17, 15) is 5.11 Å². The van der Waals surface area contributed by atoms with Gasteiger partial charge in [-0.2, -0.15) is 0 Å². The third kappa shape index (κ3) is 3.20. The number of phenolic OH excluding ortho intramolecular Hbond substituents is 1. The molecule has 26 heavy (non-hydrogen) atoms. The highest BCUT2D eigenvalue weighted by Gasteiger charge is 2.27. The van der Waals surface area contributed by atoms with Gasteiger partial charge in [-0.3, -0.25) is 0 Å². The first-order valence-corrected chi connectivity index (χ1v) is 8.01. The standard InChI is InChI=1S/C19H21NO6/c1-22-15-6-5-11(7-14(15)21)13-10-16(26-20-13)12-8-17(23-2)19(25-4)18(9-12)24-3/h5-9,16,21H,10H2,1-4H3. The lowest BCUT2D eigenvalue weighted by molar-refractivity contribution is 0.0853. The SMILES string of the molecule is COc1ccc(C2=NOC(c3cc(OC)c(OC)c(OC)c3)C2)cc1O. The van der Waals surface area contributed by atoms with E-state index in [0.717, 1.165) is 16.8 Å². The van der Waals surface area contributed by atoms with Crippen molar-refractivity contribution < 1.29 is 28.9 Å². The number of methoxy groups -OCH3 is 4. The van der Waals surface area contributed by atoms with Crippen LogP contribution in [-0.4, -0.2) is 39.3 Å². The third-order valence-corrected chi connectivity index (χ3v) is 4.24. The third-order valence-electron chi connectivity index (χ3n) is 4.24. The summed E-state index contributed by atoms with van der Waals surface area (Å²) >= 11 is 0. The van der Waals surface area contributed by atoms with Crippen molar-refractivity contribution in [2.24, 2.45) is 5.16 Å². The predicted molar refractivity (Wildman–Crippen MR) is 95.7 cm³/mol. The number of nitrogens with zero attached hydrogens (tertiary/aromatic N) is 1. The Balaban J connectivity index is 1.85. The maximum absolute atomic E-state index is 9.96. The number of benzene rings is 2. The molecule has 0 aliphatic carbocycles. The van der Waals surface area contributed by atoms with Gasteiger partial charge in [0.05, 0.1) is 34.2 Å². The van der Waals surface area contributed by atoms with Crippen LogP contribution in [-0.2, 0) is 4.84 Å². The molecule has 1 heterocycles. The molecule has 0 fully saturated rings. The van der Waals surface area contributed by atoms with E-state index in [2.05, 4.69) is 5.16 Å². The fraction of sp³-hybridized carbons (Fsp3) is 0.316. The van der Waals surface area contributed by atoms with E-state index in [1.165, 1.54) is 7.11 Å². The van der Waals surface area contributed by atoms with E-state index >= 15 is 0 Å². The number of aromatic hydroxyl groups is 1. The summed E-state index contributed by atoms with van der Waals surface area (Å²) < 4.78 is 21.2. The smallest absolute Gasteiger partial charge is 0.203 e. The molecule has 7 nitrogen and oxygen atoms in total. The van der Waals surface area contributed by atoms with Gasteiger partial charge in [-0.15, -0.1) is 0 Å². The Hall–Kier alpha value is -3.09. The van der Waals surface area contributed by atoms with E-state index < -0.39 is 0 Å². The minimum atomic E-state index is -0.289. The fourth-order valence-electron chi connectivity index (χ4n) is 2.88. The molecule has 138 valence electrons.